The Kier molecular flexibility index (Phi) is 5.13. The Labute approximate surface area is 114 Å². The molecule has 0 saturated carbocycles. The van der Waals surface area contributed by atoms with Gasteiger partial charge in [-0.15, -0.1) is 0 Å². The average Bonchev–Trinajstić information content (AvgIpc) is 2.41. The zero-order valence-electron chi connectivity index (χ0n) is 11.0. The molecule has 1 aliphatic heterocycles. The van der Waals surface area contributed by atoms with Crippen molar-refractivity contribution in [1.29, 1.82) is 0 Å². The first-order valence-corrected chi connectivity index (χ1v) is 7.71. The standard InChI is InChI=1S/C13H22N4S/c1-2-18-10-9-16-5-7-17(8-6-16)13-3-4-15-11-12(13)14/h3-4,11H,2,5-10,14H2,1H3. The van der Waals surface area contributed by atoms with Crippen LogP contribution in [-0.4, -0.2) is 54.1 Å². The topological polar surface area (TPSA) is 45.4 Å². The van der Waals surface area contributed by atoms with Crippen molar-refractivity contribution in [1.82, 2.24) is 9.88 Å². The van der Waals surface area contributed by atoms with Crippen LogP contribution in [0.5, 0.6) is 0 Å². The van der Waals surface area contributed by atoms with Gasteiger partial charge in [0.1, 0.15) is 0 Å². The predicted molar refractivity (Wildman–Crippen MR) is 80.3 cm³/mol. The fourth-order valence-electron chi connectivity index (χ4n) is 2.24. The normalized spacial score (nSPS) is 17.1. The number of hydrogen-bond donors (Lipinski definition) is 1. The van der Waals surface area contributed by atoms with Gasteiger partial charge in [-0.2, -0.15) is 11.8 Å². The van der Waals surface area contributed by atoms with Crippen LogP contribution in [0, 0.1) is 0 Å². The van der Waals surface area contributed by atoms with E-state index in [0.29, 0.717) is 0 Å². The monoisotopic (exact) mass is 266 g/mol. The molecule has 1 fully saturated rings. The average molecular weight is 266 g/mol. The van der Waals surface area contributed by atoms with E-state index in [-0.39, 0.29) is 0 Å². The van der Waals surface area contributed by atoms with E-state index in [9.17, 15) is 0 Å². The van der Waals surface area contributed by atoms with Crippen LogP contribution in [0.15, 0.2) is 18.5 Å². The van der Waals surface area contributed by atoms with E-state index in [0.717, 1.165) is 37.6 Å². The summed E-state index contributed by atoms with van der Waals surface area (Å²) in [6, 6.07) is 2.01. The molecule has 0 bridgehead atoms. The van der Waals surface area contributed by atoms with E-state index in [4.69, 9.17) is 5.73 Å². The third-order valence-corrected chi connectivity index (χ3v) is 4.18. The second kappa shape index (κ2) is 6.85. The van der Waals surface area contributed by atoms with Gasteiger partial charge >= 0.3 is 0 Å². The zero-order valence-corrected chi connectivity index (χ0v) is 11.8. The van der Waals surface area contributed by atoms with Gasteiger partial charge in [-0.3, -0.25) is 9.88 Å². The summed E-state index contributed by atoms with van der Waals surface area (Å²) in [7, 11) is 0. The maximum absolute atomic E-state index is 5.96. The molecule has 0 aliphatic carbocycles. The van der Waals surface area contributed by atoms with Crippen LogP contribution < -0.4 is 10.6 Å². The van der Waals surface area contributed by atoms with Crippen LogP contribution in [0.3, 0.4) is 0 Å². The van der Waals surface area contributed by atoms with Gasteiger partial charge in [-0.1, -0.05) is 6.92 Å². The minimum absolute atomic E-state index is 0.785. The van der Waals surface area contributed by atoms with Gasteiger partial charge in [0.15, 0.2) is 0 Å². The van der Waals surface area contributed by atoms with Crippen LogP contribution in [0.4, 0.5) is 11.4 Å². The minimum atomic E-state index is 0.785. The van der Waals surface area contributed by atoms with Gasteiger partial charge in [0, 0.05) is 44.7 Å². The first-order valence-electron chi connectivity index (χ1n) is 6.55. The third-order valence-electron chi connectivity index (χ3n) is 3.30. The Morgan fingerprint density at radius 2 is 2.11 bits per heavy atom. The van der Waals surface area contributed by atoms with Crippen LogP contribution in [-0.2, 0) is 0 Å². The summed E-state index contributed by atoms with van der Waals surface area (Å²) < 4.78 is 0. The van der Waals surface area contributed by atoms with E-state index >= 15 is 0 Å². The summed E-state index contributed by atoms with van der Waals surface area (Å²) in [5, 5.41) is 0. The van der Waals surface area contributed by atoms with Crippen LogP contribution in [0.2, 0.25) is 0 Å². The first-order chi connectivity index (χ1) is 8.81. The number of rotatable bonds is 5. The number of nitrogens with two attached hydrogens (primary N) is 1. The highest BCUT2D eigenvalue weighted by molar-refractivity contribution is 7.99. The Morgan fingerprint density at radius 3 is 2.78 bits per heavy atom. The molecule has 0 spiro atoms. The van der Waals surface area contributed by atoms with Gasteiger partial charge in [-0.25, -0.2) is 0 Å². The molecular formula is C13H22N4S. The number of nitrogen functional groups attached to an aromatic ring is 1. The van der Waals surface area contributed by atoms with Crippen molar-refractivity contribution in [2.45, 2.75) is 6.92 Å². The Balaban J connectivity index is 1.81. The molecule has 0 atom stereocenters. The smallest absolute Gasteiger partial charge is 0.0738 e. The van der Waals surface area contributed by atoms with Crippen LogP contribution in [0.1, 0.15) is 6.92 Å². The van der Waals surface area contributed by atoms with E-state index in [1.165, 1.54) is 18.1 Å². The van der Waals surface area contributed by atoms with E-state index in [2.05, 4.69) is 21.7 Å². The van der Waals surface area contributed by atoms with Crippen molar-refractivity contribution in [3.63, 3.8) is 0 Å². The Bertz CT molecular complexity index is 364. The maximum atomic E-state index is 5.96. The summed E-state index contributed by atoms with van der Waals surface area (Å²) in [6.45, 7) is 7.81. The summed E-state index contributed by atoms with van der Waals surface area (Å²) in [4.78, 5) is 8.94. The van der Waals surface area contributed by atoms with Gasteiger partial charge in [0.2, 0.25) is 0 Å². The molecule has 1 aromatic heterocycles. The molecule has 2 heterocycles. The van der Waals surface area contributed by atoms with E-state index < -0.39 is 0 Å². The SMILES string of the molecule is CCSCCN1CCN(c2ccncc2N)CC1. The number of anilines is 2. The Hall–Kier alpha value is -0.940. The number of thioether (sulfide) groups is 1. The fourth-order valence-corrected chi connectivity index (χ4v) is 2.91. The number of piperazine rings is 1. The molecule has 2 rings (SSSR count). The highest BCUT2D eigenvalue weighted by Crippen LogP contribution is 2.22. The van der Waals surface area contributed by atoms with Gasteiger partial charge in [0.25, 0.3) is 0 Å². The number of hydrogen-bond acceptors (Lipinski definition) is 5. The second-order valence-corrected chi connectivity index (χ2v) is 5.85. The fraction of sp³-hybridized carbons (Fsp3) is 0.615. The molecule has 0 amide bonds. The highest BCUT2D eigenvalue weighted by atomic mass is 32.2. The largest absolute Gasteiger partial charge is 0.396 e. The van der Waals surface area contributed by atoms with Crippen molar-refractivity contribution in [2.75, 3.05) is 54.9 Å². The Morgan fingerprint density at radius 1 is 1.33 bits per heavy atom. The quantitative estimate of drug-likeness (QED) is 0.819. The predicted octanol–water partition coefficient (Wildman–Crippen LogP) is 1.54. The van der Waals surface area contributed by atoms with Crippen molar-refractivity contribution >= 4 is 23.1 Å². The van der Waals surface area contributed by atoms with Crippen LogP contribution in [0.25, 0.3) is 0 Å². The lowest BCUT2D eigenvalue weighted by molar-refractivity contribution is 0.273. The zero-order chi connectivity index (χ0) is 12.8. The second-order valence-electron chi connectivity index (χ2n) is 4.46. The van der Waals surface area contributed by atoms with Crippen molar-refractivity contribution in [3.05, 3.63) is 18.5 Å². The van der Waals surface area contributed by atoms with Crippen molar-refractivity contribution < 1.29 is 0 Å². The summed E-state index contributed by atoms with van der Waals surface area (Å²) in [5.74, 6) is 2.46. The lowest BCUT2D eigenvalue weighted by Gasteiger charge is -2.36. The van der Waals surface area contributed by atoms with Gasteiger partial charge in [-0.05, 0) is 11.8 Å². The molecule has 0 radical (unpaired) electrons. The molecule has 5 heteroatoms. The molecule has 0 unspecified atom stereocenters. The molecule has 4 nitrogen and oxygen atoms in total. The number of pyridine rings is 1. The molecule has 0 aromatic carbocycles. The molecule has 2 N–H and O–H groups in total. The lowest BCUT2D eigenvalue weighted by Crippen LogP contribution is -2.47. The van der Waals surface area contributed by atoms with Gasteiger partial charge in [0.05, 0.1) is 17.6 Å². The molecular weight excluding hydrogens is 244 g/mol. The van der Waals surface area contributed by atoms with Crippen molar-refractivity contribution in [2.24, 2.45) is 0 Å². The molecule has 1 aromatic rings. The van der Waals surface area contributed by atoms with Gasteiger partial charge < -0.3 is 10.6 Å². The summed E-state index contributed by atoms with van der Waals surface area (Å²) >= 11 is 2.02. The van der Waals surface area contributed by atoms with E-state index in [1.807, 2.05) is 24.0 Å². The van der Waals surface area contributed by atoms with E-state index in [1.54, 1.807) is 6.20 Å². The summed E-state index contributed by atoms with van der Waals surface area (Å²) in [5.41, 5.74) is 7.88. The molecule has 100 valence electrons. The maximum Gasteiger partial charge on any atom is 0.0738 e. The molecule has 1 saturated heterocycles. The van der Waals surface area contributed by atoms with Crippen LogP contribution >= 0.6 is 11.8 Å². The molecule has 1 aliphatic rings. The minimum Gasteiger partial charge on any atom is -0.396 e. The first kappa shape index (κ1) is 13.5. The molecule has 18 heavy (non-hydrogen) atoms. The highest BCUT2D eigenvalue weighted by Gasteiger charge is 2.17. The number of nitrogens with zero attached hydrogens (tertiary/aromatic N) is 3. The lowest BCUT2D eigenvalue weighted by atomic mass is 10.2. The van der Waals surface area contributed by atoms with Crippen molar-refractivity contribution in [3.8, 4) is 0 Å². The third kappa shape index (κ3) is 3.53. The summed E-state index contributed by atoms with van der Waals surface area (Å²) in [6.07, 6.45) is 3.55. The number of aromatic nitrogens is 1.